The largest absolute Gasteiger partial charge is 0.505 e. The number of ether oxygens (including phenoxy) is 1. The van der Waals surface area contributed by atoms with E-state index in [1.807, 2.05) is 35.7 Å². The highest BCUT2D eigenvalue weighted by atomic mass is 32.1. The fraction of sp³-hybridized carbons (Fsp3) is 0.192. The number of Topliss-reactive ketones (excluding diaryl/α,β-unsaturated/α-hetero) is 1. The van der Waals surface area contributed by atoms with Crippen LogP contribution in [-0.2, 0) is 14.3 Å². The Morgan fingerprint density at radius 2 is 1.78 bits per heavy atom. The van der Waals surface area contributed by atoms with Crippen LogP contribution in [-0.4, -0.2) is 44.2 Å². The molecule has 1 unspecified atom stereocenters. The monoisotopic (exact) mass is 502 g/mol. The number of hydrogen-bond acceptors (Lipinski definition) is 8. The molecule has 0 bridgehead atoms. The average Bonchev–Trinajstić information content (AvgIpc) is 3.51. The van der Waals surface area contributed by atoms with Gasteiger partial charge in [-0.25, -0.2) is 14.8 Å². The average molecular weight is 503 g/mol. The van der Waals surface area contributed by atoms with Gasteiger partial charge in [-0.2, -0.15) is 0 Å². The summed E-state index contributed by atoms with van der Waals surface area (Å²) in [5.41, 5.74) is 3.26. The highest BCUT2D eigenvalue weighted by Gasteiger charge is 2.48. The molecule has 1 aliphatic heterocycles. The van der Waals surface area contributed by atoms with Crippen molar-refractivity contribution in [3.8, 4) is 0 Å². The molecule has 0 radical (unpaired) electrons. The van der Waals surface area contributed by atoms with E-state index in [0.717, 1.165) is 16.9 Å². The molecule has 1 N–H and O–H groups in total. The molecular formula is C26H22N4O5S. The molecule has 4 aromatic rings. The SMILES string of the molecule is COC(=O)c1sc(N2C(=O)C(=O)/C(=C(/O)c3nc4c(C)cccn4c3C)C2c2ccccc2)nc1C. The molecule has 1 atom stereocenters. The summed E-state index contributed by atoms with van der Waals surface area (Å²) in [7, 11) is 1.26. The predicted octanol–water partition coefficient (Wildman–Crippen LogP) is 4.13. The normalized spacial score (nSPS) is 17.2. The maximum absolute atomic E-state index is 13.4. The molecule has 3 aromatic heterocycles. The first-order valence-electron chi connectivity index (χ1n) is 11.1. The molecule has 4 heterocycles. The van der Waals surface area contributed by atoms with Crippen LogP contribution in [0.4, 0.5) is 5.13 Å². The van der Waals surface area contributed by atoms with E-state index in [1.165, 1.54) is 12.0 Å². The third-order valence-electron chi connectivity index (χ3n) is 6.23. The number of aryl methyl sites for hydroxylation is 3. The van der Waals surface area contributed by atoms with Crippen molar-refractivity contribution in [2.75, 3.05) is 12.0 Å². The fourth-order valence-corrected chi connectivity index (χ4v) is 5.43. The highest BCUT2D eigenvalue weighted by molar-refractivity contribution is 7.17. The van der Waals surface area contributed by atoms with Gasteiger partial charge in [-0.1, -0.05) is 47.7 Å². The number of carbonyl (C=O) groups is 3. The van der Waals surface area contributed by atoms with Crippen LogP contribution in [0, 0.1) is 20.8 Å². The van der Waals surface area contributed by atoms with E-state index >= 15 is 0 Å². The van der Waals surface area contributed by atoms with E-state index < -0.39 is 23.7 Å². The van der Waals surface area contributed by atoms with Crippen molar-refractivity contribution >= 4 is 45.5 Å². The lowest BCUT2D eigenvalue weighted by atomic mass is 9.96. The van der Waals surface area contributed by atoms with Gasteiger partial charge in [0.05, 0.1) is 30.1 Å². The molecule has 0 saturated carbocycles. The topological polar surface area (TPSA) is 114 Å². The number of rotatable bonds is 4. The lowest BCUT2D eigenvalue weighted by Gasteiger charge is -2.22. The van der Waals surface area contributed by atoms with Crippen molar-refractivity contribution in [2.45, 2.75) is 26.8 Å². The molecule has 0 aliphatic carbocycles. The van der Waals surface area contributed by atoms with Gasteiger partial charge in [-0.05, 0) is 38.0 Å². The van der Waals surface area contributed by atoms with Crippen molar-refractivity contribution in [1.29, 1.82) is 0 Å². The number of hydrogen-bond donors (Lipinski definition) is 1. The molecule has 182 valence electrons. The van der Waals surface area contributed by atoms with Crippen molar-refractivity contribution in [3.05, 3.63) is 87.3 Å². The van der Waals surface area contributed by atoms with Gasteiger partial charge in [-0.15, -0.1) is 0 Å². The summed E-state index contributed by atoms with van der Waals surface area (Å²) in [6, 6.07) is 11.7. The second kappa shape index (κ2) is 8.72. The molecule has 1 aromatic carbocycles. The second-order valence-corrected chi connectivity index (χ2v) is 9.39. The number of methoxy groups -OCH3 is 1. The van der Waals surface area contributed by atoms with Crippen molar-refractivity contribution < 1.29 is 24.2 Å². The molecule has 10 heteroatoms. The van der Waals surface area contributed by atoms with Gasteiger partial charge in [-0.3, -0.25) is 14.5 Å². The van der Waals surface area contributed by atoms with E-state index in [4.69, 9.17) is 4.74 Å². The number of aliphatic hydroxyl groups is 1. The first kappa shape index (κ1) is 23.4. The Morgan fingerprint density at radius 1 is 1.06 bits per heavy atom. The molecular weight excluding hydrogens is 480 g/mol. The Bertz CT molecular complexity index is 1580. The number of esters is 1. The zero-order valence-electron chi connectivity index (χ0n) is 20.0. The molecule has 1 saturated heterocycles. The minimum Gasteiger partial charge on any atom is -0.505 e. The zero-order chi connectivity index (χ0) is 25.7. The van der Waals surface area contributed by atoms with Crippen LogP contribution in [0.25, 0.3) is 11.4 Å². The minimum atomic E-state index is -0.965. The fourth-order valence-electron chi connectivity index (χ4n) is 4.42. The Kier molecular flexibility index (Phi) is 5.68. The summed E-state index contributed by atoms with van der Waals surface area (Å²) in [6.45, 7) is 5.32. The van der Waals surface area contributed by atoms with E-state index in [-0.39, 0.29) is 27.0 Å². The number of ketones is 1. The van der Waals surface area contributed by atoms with Gasteiger partial charge in [0.1, 0.15) is 16.2 Å². The number of amides is 1. The Balaban J connectivity index is 1.74. The first-order valence-corrected chi connectivity index (χ1v) is 11.9. The Morgan fingerprint density at radius 3 is 2.44 bits per heavy atom. The lowest BCUT2D eigenvalue weighted by Crippen LogP contribution is -2.29. The van der Waals surface area contributed by atoms with Crippen molar-refractivity contribution in [3.63, 3.8) is 0 Å². The van der Waals surface area contributed by atoms with Crippen LogP contribution >= 0.6 is 11.3 Å². The Labute approximate surface area is 210 Å². The van der Waals surface area contributed by atoms with Crippen LogP contribution in [0.1, 0.15) is 43.9 Å². The summed E-state index contributed by atoms with van der Waals surface area (Å²) in [6.07, 6.45) is 1.82. The lowest BCUT2D eigenvalue weighted by molar-refractivity contribution is -0.132. The van der Waals surface area contributed by atoms with E-state index in [9.17, 15) is 19.5 Å². The van der Waals surface area contributed by atoms with Crippen LogP contribution in [0.3, 0.4) is 0 Å². The molecule has 1 aliphatic rings. The second-order valence-electron chi connectivity index (χ2n) is 8.41. The van der Waals surface area contributed by atoms with Crippen LogP contribution in [0.5, 0.6) is 0 Å². The molecule has 1 fully saturated rings. The number of fused-ring (bicyclic) bond motifs is 1. The number of imidazole rings is 1. The van der Waals surface area contributed by atoms with Gasteiger partial charge in [0.2, 0.25) is 0 Å². The molecule has 1 amide bonds. The molecule has 36 heavy (non-hydrogen) atoms. The van der Waals surface area contributed by atoms with Crippen LogP contribution in [0.2, 0.25) is 0 Å². The summed E-state index contributed by atoms with van der Waals surface area (Å²) < 4.78 is 6.65. The van der Waals surface area contributed by atoms with Crippen molar-refractivity contribution in [1.82, 2.24) is 14.4 Å². The summed E-state index contributed by atoms with van der Waals surface area (Å²) in [5.74, 6) is -2.67. The van der Waals surface area contributed by atoms with E-state index in [2.05, 4.69) is 9.97 Å². The van der Waals surface area contributed by atoms with Gasteiger partial charge in [0.15, 0.2) is 10.9 Å². The Hall–Kier alpha value is -4.31. The predicted molar refractivity (Wildman–Crippen MR) is 134 cm³/mol. The third kappa shape index (κ3) is 3.49. The smallest absolute Gasteiger partial charge is 0.350 e. The number of carbonyl (C=O) groups excluding carboxylic acids is 3. The van der Waals surface area contributed by atoms with Gasteiger partial charge < -0.3 is 14.2 Å². The maximum atomic E-state index is 13.4. The quantitative estimate of drug-likeness (QED) is 0.193. The van der Waals surface area contributed by atoms with Crippen LogP contribution in [0.15, 0.2) is 54.2 Å². The van der Waals surface area contributed by atoms with Crippen molar-refractivity contribution in [2.24, 2.45) is 0 Å². The number of anilines is 1. The minimum absolute atomic E-state index is 0.0946. The first-order chi connectivity index (χ1) is 17.2. The maximum Gasteiger partial charge on any atom is 0.350 e. The van der Waals surface area contributed by atoms with Gasteiger partial charge in [0.25, 0.3) is 5.78 Å². The summed E-state index contributed by atoms with van der Waals surface area (Å²) in [4.78, 5) is 49.4. The molecule has 5 rings (SSSR count). The number of benzene rings is 1. The molecule has 0 spiro atoms. The van der Waals surface area contributed by atoms with E-state index in [0.29, 0.717) is 22.6 Å². The number of nitrogens with zero attached hydrogens (tertiary/aromatic N) is 4. The number of aromatic nitrogens is 3. The third-order valence-corrected chi connectivity index (χ3v) is 7.37. The molecule has 9 nitrogen and oxygen atoms in total. The summed E-state index contributed by atoms with van der Waals surface area (Å²) >= 11 is 0.955. The van der Waals surface area contributed by atoms with E-state index in [1.54, 1.807) is 38.1 Å². The zero-order valence-corrected chi connectivity index (χ0v) is 20.8. The summed E-state index contributed by atoms with van der Waals surface area (Å²) in [5, 5.41) is 11.6. The number of aliphatic hydroxyl groups excluding tert-OH is 1. The standard InChI is InChI=1S/C26H22N4O5S/c1-13-9-8-12-29-15(3)18(28-23(13)29)20(31)17-19(16-10-6-5-7-11-16)30(24(33)21(17)32)26-27-14(2)22(36-26)25(34)35-4/h5-12,19,31H,1-4H3/b20-17+. The highest BCUT2D eigenvalue weighted by Crippen LogP contribution is 2.44. The number of pyridine rings is 1. The van der Waals surface area contributed by atoms with Gasteiger partial charge in [0, 0.05) is 6.20 Å². The van der Waals surface area contributed by atoms with Gasteiger partial charge >= 0.3 is 11.9 Å². The number of thiazole rings is 1. The van der Waals surface area contributed by atoms with Crippen LogP contribution < -0.4 is 4.90 Å².